The van der Waals surface area contributed by atoms with Gasteiger partial charge in [-0.15, -0.1) is 11.3 Å². The number of ether oxygens (including phenoxy) is 3. The van der Waals surface area contributed by atoms with Crippen molar-refractivity contribution in [1.29, 1.82) is 0 Å². The number of methoxy groups -OCH3 is 3. The van der Waals surface area contributed by atoms with Crippen molar-refractivity contribution in [2.45, 2.75) is 26.1 Å². The number of hydrogen-bond donors (Lipinski definition) is 1. The highest BCUT2D eigenvalue weighted by atomic mass is 32.1. The minimum absolute atomic E-state index is 0.224. The third-order valence-electron chi connectivity index (χ3n) is 2.96. The van der Waals surface area contributed by atoms with Gasteiger partial charge in [-0.25, -0.2) is 4.98 Å². The predicted octanol–water partition coefficient (Wildman–Crippen LogP) is 1.24. The van der Waals surface area contributed by atoms with Crippen LogP contribution in [-0.2, 0) is 27.4 Å². The molecule has 1 unspecified atom stereocenters. The Bertz CT molecular complexity index is 387. The van der Waals surface area contributed by atoms with Gasteiger partial charge < -0.3 is 24.8 Å². The Morgan fingerprint density at radius 1 is 1.25 bits per heavy atom. The van der Waals surface area contributed by atoms with Crippen LogP contribution in [0.4, 0.5) is 5.13 Å². The first-order chi connectivity index (χ1) is 9.67. The quantitative estimate of drug-likeness (QED) is 0.701. The Balaban J connectivity index is 2.93. The van der Waals surface area contributed by atoms with Gasteiger partial charge in [0.25, 0.3) is 0 Å². The smallest absolute Gasteiger partial charge is 0.186 e. The molecule has 0 spiro atoms. The lowest BCUT2D eigenvalue weighted by Gasteiger charge is -2.28. The average molecular weight is 303 g/mol. The maximum atomic E-state index is 5.78. The molecule has 1 rings (SSSR count). The molecular formula is C13H25N3O3S. The molecule has 0 aromatic carbocycles. The summed E-state index contributed by atoms with van der Waals surface area (Å²) in [5, 5.41) is 0.944. The molecule has 1 aromatic heterocycles. The summed E-state index contributed by atoms with van der Waals surface area (Å²) in [5.41, 5.74) is 6.69. The normalized spacial score (nSPS) is 12.7. The summed E-state index contributed by atoms with van der Waals surface area (Å²) in [4.78, 5) is 7.91. The summed E-state index contributed by atoms with van der Waals surface area (Å²) in [7, 11) is 5.06. The van der Waals surface area contributed by atoms with Crippen molar-refractivity contribution < 1.29 is 14.2 Å². The highest BCUT2D eigenvalue weighted by molar-refractivity contribution is 7.15. The second kappa shape index (κ2) is 9.25. The van der Waals surface area contributed by atoms with Crippen LogP contribution in [0.1, 0.15) is 17.5 Å². The van der Waals surface area contributed by atoms with Gasteiger partial charge in [0.05, 0.1) is 31.6 Å². The molecule has 0 saturated carbocycles. The van der Waals surface area contributed by atoms with E-state index in [0.29, 0.717) is 26.4 Å². The van der Waals surface area contributed by atoms with Crippen LogP contribution < -0.4 is 10.6 Å². The van der Waals surface area contributed by atoms with E-state index in [1.165, 1.54) is 0 Å². The second-order valence-electron chi connectivity index (χ2n) is 4.49. The summed E-state index contributed by atoms with van der Waals surface area (Å²) in [6.45, 7) is 5.13. The van der Waals surface area contributed by atoms with Gasteiger partial charge >= 0.3 is 0 Å². The SMILES string of the molecule is COCCN(c1nc(COC)c(CN)s1)C(C)COC. The van der Waals surface area contributed by atoms with Gasteiger partial charge in [0.1, 0.15) is 0 Å². The van der Waals surface area contributed by atoms with E-state index in [1.54, 1.807) is 32.7 Å². The molecule has 0 aliphatic rings. The van der Waals surface area contributed by atoms with Crippen molar-refractivity contribution in [3.05, 3.63) is 10.6 Å². The van der Waals surface area contributed by atoms with Gasteiger partial charge in [-0.2, -0.15) is 0 Å². The van der Waals surface area contributed by atoms with Crippen LogP contribution >= 0.6 is 11.3 Å². The maximum absolute atomic E-state index is 5.78. The van der Waals surface area contributed by atoms with Crippen LogP contribution in [0.3, 0.4) is 0 Å². The molecule has 2 N–H and O–H groups in total. The second-order valence-corrected chi connectivity index (χ2v) is 5.56. The monoisotopic (exact) mass is 303 g/mol. The number of nitrogens with two attached hydrogens (primary N) is 1. The van der Waals surface area contributed by atoms with Crippen molar-refractivity contribution >= 4 is 16.5 Å². The summed E-state index contributed by atoms with van der Waals surface area (Å²) in [6, 6.07) is 0.224. The van der Waals surface area contributed by atoms with E-state index >= 15 is 0 Å². The summed E-state index contributed by atoms with van der Waals surface area (Å²) >= 11 is 1.61. The van der Waals surface area contributed by atoms with Gasteiger partial charge in [-0.05, 0) is 6.92 Å². The van der Waals surface area contributed by atoms with E-state index in [9.17, 15) is 0 Å². The first kappa shape index (κ1) is 17.3. The van der Waals surface area contributed by atoms with E-state index in [2.05, 4.69) is 16.8 Å². The molecule has 0 radical (unpaired) electrons. The number of rotatable bonds is 10. The Morgan fingerprint density at radius 3 is 2.55 bits per heavy atom. The van der Waals surface area contributed by atoms with Crippen LogP contribution in [0, 0.1) is 0 Å². The average Bonchev–Trinajstić information content (AvgIpc) is 2.83. The number of hydrogen-bond acceptors (Lipinski definition) is 7. The molecule has 20 heavy (non-hydrogen) atoms. The molecule has 0 aliphatic carbocycles. The maximum Gasteiger partial charge on any atom is 0.186 e. The van der Waals surface area contributed by atoms with E-state index in [1.807, 2.05) is 0 Å². The molecule has 0 bridgehead atoms. The highest BCUT2D eigenvalue weighted by Crippen LogP contribution is 2.28. The molecule has 116 valence electrons. The molecule has 0 aliphatic heterocycles. The molecule has 1 atom stereocenters. The molecule has 1 aromatic rings. The number of nitrogens with zero attached hydrogens (tertiary/aromatic N) is 2. The fourth-order valence-corrected chi connectivity index (χ4v) is 3.00. The largest absolute Gasteiger partial charge is 0.383 e. The Hall–Kier alpha value is -0.730. The summed E-state index contributed by atoms with van der Waals surface area (Å²) in [6.07, 6.45) is 0. The van der Waals surface area contributed by atoms with Crippen molar-refractivity contribution in [3.63, 3.8) is 0 Å². The highest BCUT2D eigenvalue weighted by Gasteiger charge is 2.20. The molecule has 0 fully saturated rings. The first-order valence-corrected chi connectivity index (χ1v) is 7.41. The van der Waals surface area contributed by atoms with Crippen LogP contribution in [0.2, 0.25) is 0 Å². The van der Waals surface area contributed by atoms with Gasteiger partial charge in [0, 0.05) is 39.3 Å². The fraction of sp³-hybridized carbons (Fsp3) is 0.769. The zero-order chi connectivity index (χ0) is 15.0. The molecular weight excluding hydrogens is 278 g/mol. The van der Waals surface area contributed by atoms with Crippen LogP contribution in [0.5, 0.6) is 0 Å². The molecule has 0 amide bonds. The fourth-order valence-electron chi connectivity index (χ4n) is 1.93. The Kier molecular flexibility index (Phi) is 8.01. The van der Waals surface area contributed by atoms with Crippen molar-refractivity contribution in [2.75, 3.05) is 46.0 Å². The lowest BCUT2D eigenvalue weighted by Crippen LogP contribution is -2.38. The lowest BCUT2D eigenvalue weighted by molar-refractivity contribution is 0.170. The van der Waals surface area contributed by atoms with Crippen LogP contribution in [-0.4, -0.2) is 52.1 Å². The molecule has 6 nitrogen and oxygen atoms in total. The van der Waals surface area contributed by atoms with E-state index in [4.69, 9.17) is 19.9 Å². The van der Waals surface area contributed by atoms with Crippen molar-refractivity contribution in [2.24, 2.45) is 5.73 Å². The molecule has 1 heterocycles. The minimum atomic E-state index is 0.224. The topological polar surface area (TPSA) is 69.8 Å². The van der Waals surface area contributed by atoms with Crippen LogP contribution in [0.25, 0.3) is 0 Å². The number of thiazole rings is 1. The minimum Gasteiger partial charge on any atom is -0.383 e. The zero-order valence-corrected chi connectivity index (χ0v) is 13.5. The van der Waals surface area contributed by atoms with Crippen molar-refractivity contribution in [1.82, 2.24) is 4.98 Å². The standard InChI is InChI=1S/C13H25N3O3S/c1-10(8-18-3)16(5-6-17-2)13-15-11(9-19-4)12(7-14)20-13/h10H,5-9,14H2,1-4H3. The summed E-state index contributed by atoms with van der Waals surface area (Å²) < 4.78 is 15.6. The lowest BCUT2D eigenvalue weighted by atomic mass is 10.3. The van der Waals surface area contributed by atoms with Gasteiger partial charge in [-0.1, -0.05) is 0 Å². The molecule has 0 saturated heterocycles. The van der Waals surface area contributed by atoms with Gasteiger partial charge in [0.2, 0.25) is 0 Å². The third kappa shape index (κ3) is 4.68. The van der Waals surface area contributed by atoms with Gasteiger partial charge in [0.15, 0.2) is 5.13 Å². The Morgan fingerprint density at radius 2 is 2.00 bits per heavy atom. The van der Waals surface area contributed by atoms with E-state index in [0.717, 1.165) is 22.2 Å². The zero-order valence-electron chi connectivity index (χ0n) is 12.7. The van der Waals surface area contributed by atoms with Crippen LogP contribution in [0.15, 0.2) is 0 Å². The third-order valence-corrected chi connectivity index (χ3v) is 4.11. The van der Waals surface area contributed by atoms with E-state index < -0.39 is 0 Å². The Labute approximate surface area is 124 Å². The predicted molar refractivity (Wildman–Crippen MR) is 81.3 cm³/mol. The van der Waals surface area contributed by atoms with Gasteiger partial charge in [-0.3, -0.25) is 0 Å². The molecule has 7 heteroatoms. The summed E-state index contributed by atoms with van der Waals surface area (Å²) in [5.74, 6) is 0. The number of anilines is 1. The first-order valence-electron chi connectivity index (χ1n) is 6.60. The van der Waals surface area contributed by atoms with Crippen molar-refractivity contribution in [3.8, 4) is 0 Å². The van der Waals surface area contributed by atoms with E-state index in [-0.39, 0.29) is 6.04 Å². The number of aromatic nitrogens is 1.